The number of carbonyl (C=O) groups excluding carboxylic acids is 3. The van der Waals surface area contributed by atoms with Crippen LogP contribution in [0.2, 0.25) is 0 Å². The molecule has 0 spiro atoms. The molecule has 0 aromatic rings. The summed E-state index contributed by atoms with van der Waals surface area (Å²) in [4.78, 5) is 44.0. The van der Waals surface area contributed by atoms with Crippen molar-refractivity contribution in [3.8, 4) is 0 Å². The van der Waals surface area contributed by atoms with Crippen LogP contribution in [0.5, 0.6) is 0 Å². The van der Waals surface area contributed by atoms with Gasteiger partial charge in [-0.1, -0.05) is 54.4 Å². The van der Waals surface area contributed by atoms with Crippen molar-refractivity contribution in [1.29, 1.82) is 0 Å². The number of hydrogen-bond donors (Lipinski definition) is 1. The number of likely N-dealkylation sites (tertiary alicyclic amines) is 1. The molecular weight excluding hydrogens is 470 g/mol. The number of ether oxygens (including phenoxy) is 2. The van der Waals surface area contributed by atoms with Gasteiger partial charge in [-0.3, -0.25) is 19.3 Å². The van der Waals surface area contributed by atoms with E-state index in [4.69, 9.17) is 9.47 Å². The quantitative estimate of drug-likeness (QED) is 0.362. The van der Waals surface area contributed by atoms with Crippen LogP contribution >= 0.6 is 0 Å². The minimum Gasteiger partial charge on any atom is -0.460 e. The molecule has 2 amide bonds. The molecule has 216 valence electrons. The molecule has 0 saturated carbocycles. The number of nitrogens with one attached hydrogen (secondary N) is 1. The highest BCUT2D eigenvalue weighted by Gasteiger charge is 2.39. The van der Waals surface area contributed by atoms with Gasteiger partial charge in [-0.15, -0.1) is 0 Å². The van der Waals surface area contributed by atoms with Crippen molar-refractivity contribution < 1.29 is 23.9 Å². The van der Waals surface area contributed by atoms with Gasteiger partial charge in [-0.2, -0.15) is 0 Å². The summed E-state index contributed by atoms with van der Waals surface area (Å²) in [6.07, 6.45) is 3.71. The SMILES string of the molecule is CC[C@H](C)[C@@H]([C@@H](CC(=O)OC(C)(C)C)OC)N(C)C(=O)[C@@H](NC(=O)[C@H](C(C)C)N1CCCCC1)C(C)C. The maximum atomic E-state index is 13.9. The van der Waals surface area contributed by atoms with Crippen LogP contribution in [0.3, 0.4) is 0 Å². The third-order valence-corrected chi connectivity index (χ3v) is 7.41. The number of piperidine rings is 1. The molecule has 0 radical (unpaired) electrons. The minimum atomic E-state index is -0.672. The maximum Gasteiger partial charge on any atom is 0.309 e. The first-order valence-corrected chi connectivity index (χ1v) is 14.2. The predicted molar refractivity (Wildman–Crippen MR) is 148 cm³/mol. The summed E-state index contributed by atoms with van der Waals surface area (Å²) in [6, 6.07) is -1.28. The average molecular weight is 526 g/mol. The van der Waals surface area contributed by atoms with Crippen LogP contribution in [0.15, 0.2) is 0 Å². The second-order valence-corrected chi connectivity index (χ2v) is 12.4. The summed E-state index contributed by atoms with van der Waals surface area (Å²) >= 11 is 0. The molecule has 0 aromatic carbocycles. The van der Waals surface area contributed by atoms with Crippen molar-refractivity contribution in [2.75, 3.05) is 27.2 Å². The fourth-order valence-corrected chi connectivity index (χ4v) is 5.34. The number of methoxy groups -OCH3 is 1. The van der Waals surface area contributed by atoms with Crippen molar-refractivity contribution in [3.05, 3.63) is 0 Å². The fourth-order valence-electron chi connectivity index (χ4n) is 5.34. The van der Waals surface area contributed by atoms with Gasteiger partial charge in [0.2, 0.25) is 11.8 Å². The summed E-state index contributed by atoms with van der Waals surface area (Å²) in [5.74, 6) is -0.503. The zero-order valence-corrected chi connectivity index (χ0v) is 25.4. The Kier molecular flexibility index (Phi) is 13.6. The molecule has 8 nitrogen and oxygen atoms in total. The van der Waals surface area contributed by atoms with Gasteiger partial charge < -0.3 is 19.7 Å². The highest BCUT2D eigenvalue weighted by atomic mass is 16.6. The van der Waals surface area contributed by atoms with Crippen LogP contribution in [0.4, 0.5) is 0 Å². The number of rotatable bonds is 13. The van der Waals surface area contributed by atoms with Gasteiger partial charge in [-0.25, -0.2) is 0 Å². The normalized spacial score (nSPS) is 19.2. The van der Waals surface area contributed by atoms with Crippen molar-refractivity contribution in [2.24, 2.45) is 17.8 Å². The molecular formula is C29H55N3O5. The fraction of sp³-hybridized carbons (Fsp3) is 0.897. The molecule has 1 fully saturated rings. The molecule has 0 unspecified atom stereocenters. The monoisotopic (exact) mass is 525 g/mol. The first-order chi connectivity index (χ1) is 17.1. The molecule has 1 N–H and O–H groups in total. The first-order valence-electron chi connectivity index (χ1n) is 14.2. The first kappa shape index (κ1) is 33.4. The third-order valence-electron chi connectivity index (χ3n) is 7.41. The maximum absolute atomic E-state index is 13.9. The summed E-state index contributed by atoms with van der Waals surface area (Å²) in [6.45, 7) is 19.5. The van der Waals surface area contributed by atoms with E-state index in [1.807, 2.05) is 34.6 Å². The van der Waals surface area contributed by atoms with Gasteiger partial charge in [0.1, 0.15) is 11.6 Å². The molecule has 1 rings (SSSR count). The van der Waals surface area contributed by atoms with Crippen LogP contribution in [-0.4, -0.2) is 84.7 Å². The van der Waals surface area contributed by atoms with E-state index in [9.17, 15) is 14.4 Å². The van der Waals surface area contributed by atoms with Crippen molar-refractivity contribution >= 4 is 17.8 Å². The Morgan fingerprint density at radius 1 is 0.973 bits per heavy atom. The summed E-state index contributed by atoms with van der Waals surface area (Å²) in [5.41, 5.74) is -0.600. The van der Waals surface area contributed by atoms with Crippen LogP contribution in [0.1, 0.15) is 94.4 Å². The second kappa shape index (κ2) is 15.1. The van der Waals surface area contributed by atoms with Gasteiger partial charge in [0.15, 0.2) is 0 Å². The predicted octanol–water partition coefficient (Wildman–Crippen LogP) is 4.26. The summed E-state index contributed by atoms with van der Waals surface area (Å²) in [7, 11) is 3.32. The van der Waals surface area contributed by atoms with Gasteiger partial charge in [0.25, 0.3) is 0 Å². The van der Waals surface area contributed by atoms with Gasteiger partial charge in [-0.05, 0) is 64.5 Å². The van der Waals surface area contributed by atoms with Gasteiger partial charge >= 0.3 is 5.97 Å². The van der Waals surface area contributed by atoms with Gasteiger partial charge in [0.05, 0.1) is 24.6 Å². The Balaban J connectivity index is 3.15. The van der Waals surface area contributed by atoms with E-state index in [0.717, 1.165) is 32.4 Å². The second-order valence-electron chi connectivity index (χ2n) is 12.4. The molecule has 1 aliphatic rings. The number of hydrogen-bond acceptors (Lipinski definition) is 6. The number of likely N-dealkylation sites (N-methyl/N-ethyl adjacent to an activating group) is 1. The van der Waals surface area contributed by atoms with Crippen molar-refractivity contribution in [3.63, 3.8) is 0 Å². The average Bonchev–Trinajstić information content (AvgIpc) is 2.80. The lowest BCUT2D eigenvalue weighted by Gasteiger charge is -2.41. The molecule has 1 heterocycles. The van der Waals surface area contributed by atoms with E-state index in [1.165, 1.54) is 6.42 Å². The molecule has 37 heavy (non-hydrogen) atoms. The van der Waals surface area contributed by atoms with E-state index in [0.29, 0.717) is 0 Å². The third kappa shape index (κ3) is 10.2. The Bertz CT molecular complexity index is 728. The lowest BCUT2D eigenvalue weighted by Crippen LogP contribution is -2.60. The lowest BCUT2D eigenvalue weighted by atomic mass is 9.90. The lowest BCUT2D eigenvalue weighted by molar-refractivity contribution is -0.161. The Labute approximate surface area is 226 Å². The number of carbonyl (C=O) groups is 3. The highest BCUT2D eigenvalue weighted by Crippen LogP contribution is 2.25. The van der Waals surface area contributed by atoms with Crippen LogP contribution in [-0.2, 0) is 23.9 Å². The van der Waals surface area contributed by atoms with E-state index >= 15 is 0 Å². The van der Waals surface area contributed by atoms with Crippen molar-refractivity contribution in [2.45, 2.75) is 124 Å². The van der Waals surface area contributed by atoms with Crippen LogP contribution in [0.25, 0.3) is 0 Å². The topological polar surface area (TPSA) is 88.2 Å². The molecule has 5 atom stereocenters. The number of nitrogens with zero attached hydrogens (tertiary/aromatic N) is 2. The van der Waals surface area contributed by atoms with Crippen LogP contribution in [0, 0.1) is 17.8 Å². The number of esters is 1. The van der Waals surface area contributed by atoms with E-state index in [2.05, 4.69) is 37.9 Å². The Hall–Kier alpha value is -1.67. The molecule has 0 aliphatic carbocycles. The molecule has 0 bridgehead atoms. The van der Waals surface area contributed by atoms with Crippen LogP contribution < -0.4 is 5.32 Å². The Morgan fingerprint density at radius 2 is 1.54 bits per heavy atom. The Morgan fingerprint density at radius 3 is 1.97 bits per heavy atom. The summed E-state index contributed by atoms with van der Waals surface area (Å²) in [5, 5.41) is 3.11. The summed E-state index contributed by atoms with van der Waals surface area (Å²) < 4.78 is 11.3. The minimum absolute atomic E-state index is 0.0451. The molecule has 1 aliphatic heterocycles. The van der Waals surface area contributed by atoms with E-state index in [-0.39, 0.29) is 54.0 Å². The highest BCUT2D eigenvalue weighted by molar-refractivity contribution is 5.90. The molecule has 1 saturated heterocycles. The van der Waals surface area contributed by atoms with E-state index < -0.39 is 17.7 Å². The number of amides is 2. The zero-order chi connectivity index (χ0) is 28.5. The van der Waals surface area contributed by atoms with Gasteiger partial charge in [0, 0.05) is 14.2 Å². The largest absolute Gasteiger partial charge is 0.460 e. The smallest absolute Gasteiger partial charge is 0.309 e. The molecule has 0 aromatic heterocycles. The molecule has 8 heteroatoms. The zero-order valence-electron chi connectivity index (χ0n) is 25.4. The van der Waals surface area contributed by atoms with E-state index in [1.54, 1.807) is 19.1 Å². The van der Waals surface area contributed by atoms with Crippen molar-refractivity contribution in [1.82, 2.24) is 15.1 Å². The standard InChI is InChI=1S/C29H55N3O5/c1-12-21(6)26(22(36-11)18-23(33)37-29(7,8)9)31(10)28(35)24(19(2)3)30-27(34)25(20(4)5)32-16-14-13-15-17-32/h19-22,24-26H,12-18H2,1-11H3,(H,30,34)/t21-,22+,24-,25-,26-/m0/s1.